The van der Waals surface area contributed by atoms with Crippen molar-refractivity contribution >= 4 is 22.6 Å². The molecule has 0 saturated carbocycles. The summed E-state index contributed by atoms with van der Waals surface area (Å²) < 4.78 is 4.36. The molecule has 6 heteroatoms. The first-order chi connectivity index (χ1) is 8.20. The molecule has 1 heterocycles. The molecule has 2 N–H and O–H groups in total. The lowest BCUT2D eigenvalue weighted by molar-refractivity contribution is -0.116. The van der Waals surface area contributed by atoms with Crippen LogP contribution in [0.5, 0.6) is 0 Å². The quantitative estimate of drug-likeness (QED) is 0.885. The van der Waals surface area contributed by atoms with Crippen molar-refractivity contribution < 1.29 is 4.79 Å². The van der Waals surface area contributed by atoms with Crippen LogP contribution >= 0.6 is 11.5 Å². The van der Waals surface area contributed by atoms with E-state index in [2.05, 4.69) is 44.0 Å². The van der Waals surface area contributed by atoms with Crippen LogP contribution in [0.15, 0.2) is 0 Å². The highest BCUT2D eigenvalue weighted by Gasteiger charge is 2.22. The molecular weight excluding hydrogens is 248 g/mol. The van der Waals surface area contributed by atoms with Crippen molar-refractivity contribution in [3.05, 3.63) is 5.82 Å². The molecule has 0 spiro atoms. The summed E-state index contributed by atoms with van der Waals surface area (Å²) >= 11 is 1.33. The second kappa shape index (κ2) is 5.65. The smallest absolute Gasteiger partial charge is 0.237 e. The first-order valence-electron chi connectivity index (χ1n) is 6.07. The fourth-order valence-corrected chi connectivity index (χ4v) is 2.35. The summed E-state index contributed by atoms with van der Waals surface area (Å²) in [6.45, 7) is 11.3. The van der Waals surface area contributed by atoms with Crippen LogP contribution in [0.3, 0.4) is 0 Å². The third kappa shape index (κ3) is 4.25. The van der Waals surface area contributed by atoms with Gasteiger partial charge in [0.2, 0.25) is 11.0 Å². The lowest BCUT2D eigenvalue weighted by Crippen LogP contribution is -2.36. The van der Waals surface area contributed by atoms with Gasteiger partial charge in [-0.3, -0.25) is 4.79 Å². The normalized spacial score (nSPS) is 11.9. The van der Waals surface area contributed by atoms with Gasteiger partial charge in [0.25, 0.3) is 0 Å². The predicted octanol–water partition coefficient (Wildman–Crippen LogP) is 1.78. The van der Waals surface area contributed by atoms with Crippen molar-refractivity contribution in [3.63, 3.8) is 0 Å². The zero-order valence-electron chi connectivity index (χ0n) is 11.7. The van der Waals surface area contributed by atoms with Crippen LogP contribution in [-0.2, 0) is 10.2 Å². The highest BCUT2D eigenvalue weighted by molar-refractivity contribution is 7.09. The van der Waals surface area contributed by atoms with Gasteiger partial charge in [-0.25, -0.2) is 4.98 Å². The van der Waals surface area contributed by atoms with Crippen molar-refractivity contribution in [2.24, 2.45) is 11.7 Å². The second-order valence-corrected chi connectivity index (χ2v) is 6.62. The molecule has 1 rings (SSSR count). The molecule has 0 bridgehead atoms. The standard InChI is InChI=1S/C12H22N4OS/c1-8(2)6-16(7-9(13)17)11-14-10(15-18-11)12(3,4)5/h8H,6-7H2,1-5H3,(H2,13,17). The van der Waals surface area contributed by atoms with Gasteiger partial charge in [-0.15, -0.1) is 0 Å². The summed E-state index contributed by atoms with van der Waals surface area (Å²) in [5.41, 5.74) is 5.20. The van der Waals surface area contributed by atoms with Crippen LogP contribution < -0.4 is 10.6 Å². The summed E-state index contributed by atoms with van der Waals surface area (Å²) in [6.07, 6.45) is 0. The third-order valence-electron chi connectivity index (χ3n) is 2.29. The lowest BCUT2D eigenvalue weighted by Gasteiger charge is -2.21. The maximum Gasteiger partial charge on any atom is 0.237 e. The Hall–Kier alpha value is -1.17. The van der Waals surface area contributed by atoms with E-state index in [1.54, 1.807) is 0 Å². The minimum Gasteiger partial charge on any atom is -0.368 e. The first-order valence-corrected chi connectivity index (χ1v) is 6.85. The van der Waals surface area contributed by atoms with E-state index >= 15 is 0 Å². The highest BCUT2D eigenvalue weighted by Crippen LogP contribution is 2.25. The SMILES string of the molecule is CC(C)CN(CC(N)=O)c1nc(C(C)(C)C)ns1. The number of anilines is 1. The number of carbonyl (C=O) groups excluding carboxylic acids is 1. The zero-order valence-corrected chi connectivity index (χ0v) is 12.5. The number of rotatable bonds is 5. The Morgan fingerprint density at radius 3 is 2.44 bits per heavy atom. The van der Waals surface area contributed by atoms with E-state index in [1.165, 1.54) is 11.5 Å². The van der Waals surface area contributed by atoms with Gasteiger partial charge >= 0.3 is 0 Å². The molecule has 102 valence electrons. The molecule has 0 radical (unpaired) electrons. The van der Waals surface area contributed by atoms with E-state index in [0.717, 1.165) is 17.5 Å². The monoisotopic (exact) mass is 270 g/mol. The molecule has 0 saturated heterocycles. The van der Waals surface area contributed by atoms with Gasteiger partial charge in [-0.2, -0.15) is 4.37 Å². The number of hydrogen-bond donors (Lipinski definition) is 1. The van der Waals surface area contributed by atoms with E-state index < -0.39 is 0 Å². The average Bonchev–Trinajstić information content (AvgIpc) is 2.62. The molecule has 0 unspecified atom stereocenters. The summed E-state index contributed by atoms with van der Waals surface area (Å²) in [5.74, 6) is 0.898. The number of amides is 1. The number of carbonyl (C=O) groups is 1. The molecule has 5 nitrogen and oxygen atoms in total. The molecule has 0 aliphatic rings. The number of nitrogens with two attached hydrogens (primary N) is 1. The first kappa shape index (κ1) is 14.9. The van der Waals surface area contributed by atoms with Crippen LogP contribution in [0.2, 0.25) is 0 Å². The van der Waals surface area contributed by atoms with Gasteiger partial charge in [0, 0.05) is 23.5 Å². The Morgan fingerprint density at radius 1 is 1.44 bits per heavy atom. The lowest BCUT2D eigenvalue weighted by atomic mass is 9.96. The molecule has 1 aromatic rings. The van der Waals surface area contributed by atoms with Crippen LogP contribution in [0.25, 0.3) is 0 Å². The number of primary amides is 1. The second-order valence-electron chi connectivity index (χ2n) is 5.89. The van der Waals surface area contributed by atoms with Crippen molar-refractivity contribution in [1.82, 2.24) is 9.36 Å². The van der Waals surface area contributed by atoms with Gasteiger partial charge in [0.1, 0.15) is 5.82 Å². The number of aromatic nitrogens is 2. The van der Waals surface area contributed by atoms with E-state index in [-0.39, 0.29) is 17.9 Å². The maximum atomic E-state index is 11.1. The molecule has 18 heavy (non-hydrogen) atoms. The minimum absolute atomic E-state index is 0.0784. The zero-order chi connectivity index (χ0) is 13.9. The van der Waals surface area contributed by atoms with E-state index in [4.69, 9.17) is 5.73 Å². The Morgan fingerprint density at radius 2 is 2.06 bits per heavy atom. The van der Waals surface area contributed by atoms with E-state index in [9.17, 15) is 4.79 Å². The summed E-state index contributed by atoms with van der Waals surface area (Å²) in [5, 5.41) is 0.771. The molecule has 0 aliphatic heterocycles. The van der Waals surface area contributed by atoms with Crippen molar-refractivity contribution in [2.45, 2.75) is 40.0 Å². The van der Waals surface area contributed by atoms with Gasteiger partial charge in [-0.1, -0.05) is 34.6 Å². The topological polar surface area (TPSA) is 72.1 Å². The maximum absolute atomic E-state index is 11.1. The van der Waals surface area contributed by atoms with Crippen molar-refractivity contribution in [2.75, 3.05) is 18.0 Å². The highest BCUT2D eigenvalue weighted by atomic mass is 32.1. The molecule has 1 amide bonds. The van der Waals surface area contributed by atoms with Crippen molar-refractivity contribution in [3.8, 4) is 0 Å². The average molecular weight is 270 g/mol. The van der Waals surface area contributed by atoms with Gasteiger partial charge in [-0.05, 0) is 5.92 Å². The number of nitrogens with zero attached hydrogens (tertiary/aromatic N) is 3. The van der Waals surface area contributed by atoms with E-state index in [0.29, 0.717) is 5.92 Å². The summed E-state index contributed by atoms with van der Waals surface area (Å²) in [6, 6.07) is 0. The Bertz CT molecular complexity index is 408. The summed E-state index contributed by atoms with van der Waals surface area (Å²) in [4.78, 5) is 17.5. The molecule has 0 aromatic carbocycles. The fraction of sp³-hybridized carbons (Fsp3) is 0.750. The van der Waals surface area contributed by atoms with Crippen LogP contribution in [0.4, 0.5) is 5.13 Å². The summed E-state index contributed by atoms with van der Waals surface area (Å²) in [7, 11) is 0. The Balaban J connectivity index is 2.91. The Labute approximate surface area is 113 Å². The fourth-order valence-electron chi connectivity index (χ4n) is 1.49. The largest absolute Gasteiger partial charge is 0.368 e. The van der Waals surface area contributed by atoms with Crippen LogP contribution in [0.1, 0.15) is 40.4 Å². The number of hydrogen-bond acceptors (Lipinski definition) is 5. The van der Waals surface area contributed by atoms with Gasteiger partial charge in [0.05, 0.1) is 6.54 Å². The van der Waals surface area contributed by atoms with Gasteiger partial charge in [0.15, 0.2) is 0 Å². The predicted molar refractivity (Wildman–Crippen MR) is 74.9 cm³/mol. The molecule has 0 atom stereocenters. The van der Waals surface area contributed by atoms with Crippen LogP contribution in [-0.4, -0.2) is 28.4 Å². The molecule has 0 fully saturated rings. The molecule has 1 aromatic heterocycles. The third-order valence-corrected chi connectivity index (χ3v) is 3.07. The Kier molecular flexibility index (Phi) is 4.67. The van der Waals surface area contributed by atoms with Gasteiger partial charge < -0.3 is 10.6 Å². The van der Waals surface area contributed by atoms with Crippen LogP contribution in [0, 0.1) is 5.92 Å². The minimum atomic E-state index is -0.344. The van der Waals surface area contributed by atoms with E-state index in [1.807, 2.05) is 4.90 Å². The molecular formula is C12H22N4OS. The molecule has 0 aliphatic carbocycles. The van der Waals surface area contributed by atoms with Crippen molar-refractivity contribution in [1.29, 1.82) is 0 Å².